The lowest BCUT2D eigenvalue weighted by Crippen LogP contribution is -2.22. The van der Waals surface area contributed by atoms with Crippen molar-refractivity contribution in [3.63, 3.8) is 0 Å². The predicted octanol–water partition coefficient (Wildman–Crippen LogP) is 1.71. The molecule has 1 aromatic carbocycles. The monoisotopic (exact) mass is 248 g/mol. The molecule has 1 heterocycles. The van der Waals surface area contributed by atoms with E-state index in [2.05, 4.69) is 10.5 Å². The van der Waals surface area contributed by atoms with Gasteiger partial charge < -0.3 is 9.47 Å². The fourth-order valence-corrected chi connectivity index (χ4v) is 1.70. The minimum atomic E-state index is -0.0935. The Kier molecular flexibility index (Phi) is 3.82. The van der Waals surface area contributed by atoms with Crippen LogP contribution in [-0.2, 0) is 4.79 Å². The fraction of sp³-hybridized carbons (Fsp3) is 0.385. The molecule has 2 rings (SSSR count). The van der Waals surface area contributed by atoms with Crippen molar-refractivity contribution in [1.82, 2.24) is 5.43 Å². The molecule has 1 aliphatic rings. The highest BCUT2D eigenvalue weighted by Gasteiger charge is 2.17. The van der Waals surface area contributed by atoms with Crippen LogP contribution in [0.1, 0.15) is 25.3 Å². The summed E-state index contributed by atoms with van der Waals surface area (Å²) < 4.78 is 10.7. The number of methoxy groups -OCH3 is 1. The Bertz CT molecular complexity index is 483. The quantitative estimate of drug-likeness (QED) is 0.828. The van der Waals surface area contributed by atoms with Gasteiger partial charge in [-0.15, -0.1) is 0 Å². The molecule has 0 saturated heterocycles. The normalized spacial score (nSPS) is 15.8. The van der Waals surface area contributed by atoms with Gasteiger partial charge in [0.05, 0.1) is 19.4 Å². The Morgan fingerprint density at radius 1 is 1.56 bits per heavy atom. The van der Waals surface area contributed by atoms with Crippen LogP contribution in [0.2, 0.25) is 0 Å². The van der Waals surface area contributed by atoms with Gasteiger partial charge in [-0.25, -0.2) is 5.43 Å². The van der Waals surface area contributed by atoms with Crippen LogP contribution in [0.4, 0.5) is 0 Å². The first kappa shape index (κ1) is 12.4. The van der Waals surface area contributed by atoms with Crippen molar-refractivity contribution in [1.29, 1.82) is 0 Å². The van der Waals surface area contributed by atoms with Gasteiger partial charge >= 0.3 is 0 Å². The van der Waals surface area contributed by atoms with E-state index in [1.54, 1.807) is 14.0 Å². The van der Waals surface area contributed by atoms with Crippen molar-refractivity contribution < 1.29 is 14.3 Å². The van der Waals surface area contributed by atoms with E-state index in [0.717, 1.165) is 22.8 Å². The second kappa shape index (κ2) is 5.53. The van der Waals surface area contributed by atoms with E-state index in [-0.39, 0.29) is 5.91 Å². The van der Waals surface area contributed by atoms with Gasteiger partial charge in [0.15, 0.2) is 0 Å². The highest BCUT2D eigenvalue weighted by Crippen LogP contribution is 2.29. The Balaban J connectivity index is 2.25. The van der Waals surface area contributed by atoms with Crippen LogP contribution in [-0.4, -0.2) is 25.3 Å². The second-order valence-electron chi connectivity index (χ2n) is 3.91. The standard InChI is InChI=1S/C13H16N2O3/c1-3-13(16)15-14-11-6-7-18-12-8-9(17-2)4-5-10(11)12/h4-5,8H,3,6-7H2,1-2H3,(H,15,16)/b14-11+. The van der Waals surface area contributed by atoms with Crippen molar-refractivity contribution in [2.24, 2.45) is 5.10 Å². The summed E-state index contributed by atoms with van der Waals surface area (Å²) in [5.41, 5.74) is 4.27. The third-order valence-electron chi connectivity index (χ3n) is 2.73. The van der Waals surface area contributed by atoms with Gasteiger partial charge in [-0.1, -0.05) is 6.92 Å². The lowest BCUT2D eigenvalue weighted by Gasteiger charge is -2.19. The molecule has 1 amide bonds. The van der Waals surface area contributed by atoms with Gasteiger partial charge in [0, 0.05) is 24.5 Å². The highest BCUT2D eigenvalue weighted by molar-refractivity contribution is 6.04. The molecule has 1 aliphatic heterocycles. The van der Waals surface area contributed by atoms with Crippen LogP contribution < -0.4 is 14.9 Å². The molecule has 0 bridgehead atoms. The van der Waals surface area contributed by atoms with Crippen LogP contribution in [0.3, 0.4) is 0 Å². The van der Waals surface area contributed by atoms with E-state index in [0.29, 0.717) is 19.4 Å². The Labute approximate surface area is 106 Å². The number of rotatable bonds is 3. The van der Waals surface area contributed by atoms with E-state index in [1.165, 1.54) is 0 Å². The summed E-state index contributed by atoms with van der Waals surface area (Å²) in [6.45, 7) is 2.35. The van der Waals surface area contributed by atoms with Crippen LogP contribution in [0, 0.1) is 0 Å². The maximum atomic E-state index is 11.2. The molecule has 96 valence electrons. The number of nitrogens with zero attached hydrogens (tertiary/aromatic N) is 1. The maximum absolute atomic E-state index is 11.2. The molecule has 5 heteroatoms. The molecule has 5 nitrogen and oxygen atoms in total. The summed E-state index contributed by atoms with van der Waals surface area (Å²) in [6, 6.07) is 5.57. The van der Waals surface area contributed by atoms with Crippen molar-refractivity contribution in [3.8, 4) is 11.5 Å². The zero-order valence-corrected chi connectivity index (χ0v) is 10.5. The van der Waals surface area contributed by atoms with Crippen molar-refractivity contribution >= 4 is 11.6 Å². The number of benzene rings is 1. The predicted molar refractivity (Wildman–Crippen MR) is 68.1 cm³/mol. The lowest BCUT2D eigenvalue weighted by molar-refractivity contribution is -0.120. The summed E-state index contributed by atoms with van der Waals surface area (Å²) in [6.07, 6.45) is 1.10. The summed E-state index contributed by atoms with van der Waals surface area (Å²) in [5.74, 6) is 1.39. The van der Waals surface area contributed by atoms with E-state index >= 15 is 0 Å². The van der Waals surface area contributed by atoms with Crippen LogP contribution >= 0.6 is 0 Å². The maximum Gasteiger partial charge on any atom is 0.239 e. The topological polar surface area (TPSA) is 59.9 Å². The van der Waals surface area contributed by atoms with Gasteiger partial charge in [-0.2, -0.15) is 5.10 Å². The third kappa shape index (κ3) is 2.61. The minimum Gasteiger partial charge on any atom is -0.497 e. The SMILES string of the molecule is CCC(=O)N/N=C1\CCOc2cc(OC)ccc21. The molecule has 0 atom stereocenters. The number of hydrogen-bond donors (Lipinski definition) is 1. The molecular formula is C13H16N2O3. The Hall–Kier alpha value is -2.04. The van der Waals surface area contributed by atoms with Crippen molar-refractivity contribution in [3.05, 3.63) is 23.8 Å². The number of nitrogens with one attached hydrogen (secondary N) is 1. The fourth-order valence-electron chi connectivity index (χ4n) is 1.70. The van der Waals surface area contributed by atoms with Gasteiger partial charge in [0.25, 0.3) is 0 Å². The van der Waals surface area contributed by atoms with Gasteiger partial charge in [0.2, 0.25) is 5.91 Å². The first-order valence-corrected chi connectivity index (χ1v) is 5.91. The van der Waals surface area contributed by atoms with E-state index in [1.807, 2.05) is 18.2 Å². The summed E-state index contributed by atoms with van der Waals surface area (Å²) >= 11 is 0. The largest absolute Gasteiger partial charge is 0.497 e. The van der Waals surface area contributed by atoms with Gasteiger partial charge in [-0.3, -0.25) is 4.79 Å². The van der Waals surface area contributed by atoms with E-state index < -0.39 is 0 Å². The van der Waals surface area contributed by atoms with Gasteiger partial charge in [-0.05, 0) is 12.1 Å². The van der Waals surface area contributed by atoms with Crippen LogP contribution in [0.25, 0.3) is 0 Å². The van der Waals surface area contributed by atoms with Crippen LogP contribution in [0.5, 0.6) is 11.5 Å². The Morgan fingerprint density at radius 3 is 3.11 bits per heavy atom. The number of amides is 1. The van der Waals surface area contributed by atoms with Crippen molar-refractivity contribution in [2.45, 2.75) is 19.8 Å². The molecular weight excluding hydrogens is 232 g/mol. The summed E-state index contributed by atoms with van der Waals surface area (Å²) in [7, 11) is 1.61. The van der Waals surface area contributed by atoms with Crippen molar-refractivity contribution in [2.75, 3.05) is 13.7 Å². The zero-order chi connectivity index (χ0) is 13.0. The highest BCUT2D eigenvalue weighted by atomic mass is 16.5. The molecule has 0 spiro atoms. The average Bonchev–Trinajstić information content (AvgIpc) is 2.43. The molecule has 1 N–H and O–H groups in total. The molecule has 0 aromatic heterocycles. The third-order valence-corrected chi connectivity index (χ3v) is 2.73. The summed E-state index contributed by atoms with van der Waals surface area (Å²) in [4.78, 5) is 11.2. The first-order valence-electron chi connectivity index (χ1n) is 5.91. The summed E-state index contributed by atoms with van der Waals surface area (Å²) in [5, 5.41) is 4.15. The Morgan fingerprint density at radius 2 is 2.39 bits per heavy atom. The molecule has 18 heavy (non-hydrogen) atoms. The molecule has 0 unspecified atom stereocenters. The molecule has 0 aliphatic carbocycles. The molecule has 0 radical (unpaired) electrons. The number of ether oxygens (including phenoxy) is 2. The number of hydrogen-bond acceptors (Lipinski definition) is 4. The number of fused-ring (bicyclic) bond motifs is 1. The average molecular weight is 248 g/mol. The second-order valence-corrected chi connectivity index (χ2v) is 3.91. The smallest absolute Gasteiger partial charge is 0.239 e. The molecule has 0 fully saturated rings. The molecule has 1 aromatic rings. The number of hydrazone groups is 1. The van der Waals surface area contributed by atoms with Gasteiger partial charge in [0.1, 0.15) is 11.5 Å². The van der Waals surface area contributed by atoms with Crippen LogP contribution in [0.15, 0.2) is 23.3 Å². The van der Waals surface area contributed by atoms with E-state index in [4.69, 9.17) is 9.47 Å². The first-order chi connectivity index (χ1) is 8.74. The number of carbonyl (C=O) groups excluding carboxylic acids is 1. The van der Waals surface area contributed by atoms with E-state index in [9.17, 15) is 4.79 Å². The minimum absolute atomic E-state index is 0.0935. The lowest BCUT2D eigenvalue weighted by atomic mass is 10.0. The number of carbonyl (C=O) groups is 1. The molecule has 0 saturated carbocycles. The zero-order valence-electron chi connectivity index (χ0n) is 10.5.